The Bertz CT molecular complexity index is 525. The van der Waals surface area contributed by atoms with Gasteiger partial charge in [-0.2, -0.15) is 0 Å². The van der Waals surface area contributed by atoms with Crippen molar-refractivity contribution in [2.24, 2.45) is 0 Å². The number of halogens is 1. The molecule has 17 heavy (non-hydrogen) atoms. The summed E-state index contributed by atoms with van der Waals surface area (Å²) in [5, 5.41) is 12.5. The molecule has 0 aromatic heterocycles. The summed E-state index contributed by atoms with van der Waals surface area (Å²) in [5.74, 6) is -0.0192. The minimum Gasteiger partial charge on any atom is -0.508 e. The first-order valence-electron chi connectivity index (χ1n) is 5.43. The molecule has 0 unspecified atom stereocenters. The summed E-state index contributed by atoms with van der Waals surface area (Å²) in [6, 6.07) is 11.6. The van der Waals surface area contributed by atoms with Crippen molar-refractivity contribution in [3.05, 3.63) is 59.4 Å². The molecule has 0 fully saturated rings. The van der Waals surface area contributed by atoms with E-state index in [1.54, 1.807) is 24.3 Å². The summed E-state index contributed by atoms with van der Waals surface area (Å²) in [5.41, 5.74) is 2.72. The van der Waals surface area contributed by atoms with Gasteiger partial charge in [-0.05, 0) is 42.3 Å². The van der Waals surface area contributed by atoms with Gasteiger partial charge in [0.05, 0.1) is 0 Å². The van der Waals surface area contributed by atoms with Crippen molar-refractivity contribution in [1.29, 1.82) is 0 Å². The molecule has 2 aromatic rings. The molecule has 0 amide bonds. The first-order valence-corrected chi connectivity index (χ1v) is 5.43. The number of rotatable bonds is 3. The van der Waals surface area contributed by atoms with E-state index in [1.165, 1.54) is 12.1 Å². The van der Waals surface area contributed by atoms with Crippen molar-refractivity contribution in [2.75, 3.05) is 5.32 Å². The molecule has 0 saturated carbocycles. The van der Waals surface area contributed by atoms with Gasteiger partial charge in [-0.1, -0.05) is 18.2 Å². The number of phenols is 1. The third-order valence-electron chi connectivity index (χ3n) is 2.59. The Balaban J connectivity index is 2.09. The molecule has 2 rings (SSSR count). The highest BCUT2D eigenvalue weighted by atomic mass is 19.1. The molecular formula is C14H14FNO. The predicted octanol–water partition coefficient (Wildman–Crippen LogP) is 3.45. The van der Waals surface area contributed by atoms with Crippen molar-refractivity contribution in [3.63, 3.8) is 0 Å². The van der Waals surface area contributed by atoms with Gasteiger partial charge in [0.25, 0.3) is 0 Å². The lowest BCUT2D eigenvalue weighted by Gasteiger charge is -2.09. The normalized spacial score (nSPS) is 10.2. The van der Waals surface area contributed by atoms with Crippen LogP contribution in [-0.2, 0) is 6.54 Å². The number of aromatic hydroxyl groups is 1. The lowest BCUT2D eigenvalue weighted by molar-refractivity contribution is 0.474. The highest BCUT2D eigenvalue weighted by Crippen LogP contribution is 2.18. The van der Waals surface area contributed by atoms with Gasteiger partial charge in [-0.3, -0.25) is 0 Å². The summed E-state index contributed by atoms with van der Waals surface area (Å²) in [6.45, 7) is 2.48. The zero-order chi connectivity index (χ0) is 12.3. The smallest absolute Gasteiger partial charge is 0.125 e. The van der Waals surface area contributed by atoms with E-state index in [-0.39, 0.29) is 11.6 Å². The second-order valence-electron chi connectivity index (χ2n) is 3.98. The highest BCUT2D eigenvalue weighted by molar-refractivity contribution is 5.51. The zero-order valence-corrected chi connectivity index (χ0v) is 9.57. The van der Waals surface area contributed by atoms with E-state index in [0.29, 0.717) is 6.54 Å². The second-order valence-corrected chi connectivity index (χ2v) is 3.98. The third kappa shape index (κ3) is 2.97. The monoisotopic (exact) mass is 231 g/mol. The molecule has 0 aliphatic carbocycles. The Hall–Kier alpha value is -2.03. The van der Waals surface area contributed by atoms with E-state index in [4.69, 9.17) is 0 Å². The van der Waals surface area contributed by atoms with E-state index in [0.717, 1.165) is 16.8 Å². The summed E-state index contributed by atoms with van der Waals surface area (Å²) < 4.78 is 13.1. The number of aryl methyl sites for hydroxylation is 1. The summed E-state index contributed by atoms with van der Waals surface area (Å²) in [4.78, 5) is 0. The number of benzene rings is 2. The van der Waals surface area contributed by atoms with Crippen molar-refractivity contribution in [2.45, 2.75) is 13.5 Å². The maximum atomic E-state index is 13.1. The zero-order valence-electron chi connectivity index (χ0n) is 9.57. The van der Waals surface area contributed by atoms with Gasteiger partial charge in [0.1, 0.15) is 11.6 Å². The number of hydrogen-bond acceptors (Lipinski definition) is 2. The van der Waals surface area contributed by atoms with E-state index in [1.807, 2.05) is 13.0 Å². The first kappa shape index (κ1) is 11.5. The highest BCUT2D eigenvalue weighted by Gasteiger charge is 2.00. The van der Waals surface area contributed by atoms with E-state index < -0.39 is 0 Å². The average Bonchev–Trinajstić information content (AvgIpc) is 2.30. The Morgan fingerprint density at radius 3 is 2.76 bits per heavy atom. The van der Waals surface area contributed by atoms with Crippen LogP contribution in [0.4, 0.5) is 10.1 Å². The Morgan fingerprint density at radius 1 is 1.18 bits per heavy atom. The van der Waals surface area contributed by atoms with Crippen molar-refractivity contribution < 1.29 is 9.50 Å². The van der Waals surface area contributed by atoms with Crippen LogP contribution in [0.2, 0.25) is 0 Å². The van der Waals surface area contributed by atoms with Crippen LogP contribution in [0.25, 0.3) is 0 Å². The van der Waals surface area contributed by atoms with Gasteiger partial charge in [-0.25, -0.2) is 4.39 Å². The third-order valence-corrected chi connectivity index (χ3v) is 2.59. The van der Waals surface area contributed by atoms with Crippen LogP contribution in [0.5, 0.6) is 5.75 Å². The molecule has 88 valence electrons. The van der Waals surface area contributed by atoms with Crippen molar-refractivity contribution >= 4 is 5.69 Å². The Morgan fingerprint density at radius 2 is 2.00 bits per heavy atom. The van der Waals surface area contributed by atoms with Gasteiger partial charge < -0.3 is 10.4 Å². The molecule has 2 aromatic carbocycles. The fourth-order valence-electron chi connectivity index (χ4n) is 1.65. The lowest BCUT2D eigenvalue weighted by atomic mass is 10.1. The average molecular weight is 231 g/mol. The van der Waals surface area contributed by atoms with Crippen LogP contribution in [0.1, 0.15) is 11.1 Å². The molecule has 0 bridgehead atoms. The van der Waals surface area contributed by atoms with Crippen LogP contribution >= 0.6 is 0 Å². The molecule has 2 N–H and O–H groups in total. The fourth-order valence-corrected chi connectivity index (χ4v) is 1.65. The fraction of sp³-hybridized carbons (Fsp3) is 0.143. The van der Waals surface area contributed by atoms with E-state index >= 15 is 0 Å². The number of anilines is 1. The van der Waals surface area contributed by atoms with Gasteiger partial charge in [-0.15, -0.1) is 0 Å². The molecule has 0 aliphatic heterocycles. The molecule has 0 saturated heterocycles. The molecule has 0 radical (unpaired) electrons. The topological polar surface area (TPSA) is 32.3 Å². The number of nitrogens with one attached hydrogen (secondary N) is 1. The van der Waals surface area contributed by atoms with Gasteiger partial charge in [0.2, 0.25) is 0 Å². The minimum absolute atomic E-state index is 0.236. The van der Waals surface area contributed by atoms with E-state index in [9.17, 15) is 9.50 Å². The quantitative estimate of drug-likeness (QED) is 0.848. The van der Waals surface area contributed by atoms with Crippen LogP contribution < -0.4 is 5.32 Å². The van der Waals surface area contributed by atoms with Crippen molar-refractivity contribution in [3.8, 4) is 5.75 Å². The molecular weight excluding hydrogens is 217 g/mol. The van der Waals surface area contributed by atoms with Gasteiger partial charge >= 0.3 is 0 Å². The number of phenolic OH excluding ortho intramolecular Hbond substituents is 1. The van der Waals surface area contributed by atoms with Crippen LogP contribution in [-0.4, -0.2) is 5.11 Å². The molecule has 0 aliphatic rings. The minimum atomic E-state index is -0.256. The van der Waals surface area contributed by atoms with Crippen LogP contribution in [0, 0.1) is 12.7 Å². The van der Waals surface area contributed by atoms with Gasteiger partial charge in [0.15, 0.2) is 0 Å². The van der Waals surface area contributed by atoms with Crippen molar-refractivity contribution in [1.82, 2.24) is 0 Å². The Kier molecular flexibility index (Phi) is 3.28. The molecule has 0 heterocycles. The Labute approximate surface area is 99.7 Å². The van der Waals surface area contributed by atoms with Crippen LogP contribution in [0.15, 0.2) is 42.5 Å². The maximum Gasteiger partial charge on any atom is 0.125 e. The van der Waals surface area contributed by atoms with E-state index in [2.05, 4.69) is 5.32 Å². The summed E-state index contributed by atoms with van der Waals surface area (Å²) in [6.07, 6.45) is 0. The summed E-state index contributed by atoms with van der Waals surface area (Å²) in [7, 11) is 0. The largest absolute Gasteiger partial charge is 0.508 e. The second kappa shape index (κ2) is 4.87. The SMILES string of the molecule is Cc1ccc(F)cc1NCc1cccc(O)c1. The summed E-state index contributed by atoms with van der Waals surface area (Å²) >= 11 is 0. The molecule has 0 spiro atoms. The number of hydrogen-bond donors (Lipinski definition) is 2. The van der Waals surface area contributed by atoms with Gasteiger partial charge in [0, 0.05) is 12.2 Å². The predicted molar refractivity (Wildman–Crippen MR) is 66.6 cm³/mol. The first-order chi connectivity index (χ1) is 8.15. The maximum absolute atomic E-state index is 13.1. The lowest BCUT2D eigenvalue weighted by Crippen LogP contribution is -2.01. The van der Waals surface area contributed by atoms with Crippen LogP contribution in [0.3, 0.4) is 0 Å². The molecule has 2 nitrogen and oxygen atoms in total. The molecule has 3 heteroatoms. The standard InChI is InChI=1S/C14H14FNO/c1-10-5-6-12(15)8-14(10)16-9-11-3-2-4-13(17)7-11/h2-8,16-17H,9H2,1H3. The molecule has 0 atom stereocenters.